The highest BCUT2D eigenvalue weighted by atomic mass is 16.6. The molecule has 8 heteroatoms. The van der Waals surface area contributed by atoms with Gasteiger partial charge in [0.15, 0.2) is 11.9 Å². The minimum atomic E-state index is -1.11. The fourth-order valence-electron chi connectivity index (χ4n) is 7.29. The third kappa shape index (κ3) is 9.80. The molecule has 0 bridgehead atoms. The molecular formula is C45H49NO7. The van der Waals surface area contributed by atoms with Gasteiger partial charge in [0.2, 0.25) is 0 Å². The molecular weight excluding hydrogens is 666 g/mol. The van der Waals surface area contributed by atoms with Gasteiger partial charge in [-0.3, -0.25) is 19.2 Å². The molecule has 1 aromatic heterocycles. The number of carbonyl (C=O) groups is 4. The number of nitrogens with one attached hydrogen (secondary N) is 1. The van der Waals surface area contributed by atoms with Gasteiger partial charge < -0.3 is 19.2 Å². The van der Waals surface area contributed by atoms with Crippen molar-refractivity contribution in [3.05, 3.63) is 119 Å². The monoisotopic (exact) mass is 715 g/mol. The lowest BCUT2D eigenvalue weighted by Crippen LogP contribution is -2.43. The van der Waals surface area contributed by atoms with E-state index >= 15 is 0 Å². The zero-order valence-electron chi connectivity index (χ0n) is 30.8. The molecule has 0 saturated carbocycles. The molecule has 3 aromatic carbocycles. The smallest absolute Gasteiger partial charge is 0.306 e. The van der Waals surface area contributed by atoms with E-state index in [0.717, 1.165) is 40.4 Å². The number of aryl methyl sites for hydroxylation is 1. The van der Waals surface area contributed by atoms with E-state index in [1.54, 1.807) is 13.8 Å². The molecule has 2 aliphatic carbocycles. The third-order valence-electron chi connectivity index (χ3n) is 10.3. The summed E-state index contributed by atoms with van der Waals surface area (Å²) >= 11 is 0. The van der Waals surface area contributed by atoms with Crippen LogP contribution < -0.4 is 0 Å². The second-order valence-corrected chi connectivity index (χ2v) is 14.7. The Bertz CT molecular complexity index is 2020. The summed E-state index contributed by atoms with van der Waals surface area (Å²) in [5.41, 5.74) is 8.22. The Labute approximate surface area is 311 Å². The molecule has 4 aromatic rings. The van der Waals surface area contributed by atoms with Crippen LogP contribution in [0.15, 0.2) is 91.1 Å². The zero-order valence-corrected chi connectivity index (χ0v) is 30.8. The normalized spacial score (nSPS) is 13.8. The Morgan fingerprint density at radius 2 is 1.26 bits per heavy atom. The van der Waals surface area contributed by atoms with Crippen molar-refractivity contribution >= 4 is 45.7 Å². The molecule has 0 radical (unpaired) electrons. The molecule has 0 aliphatic heterocycles. The average molecular weight is 716 g/mol. The van der Waals surface area contributed by atoms with E-state index in [4.69, 9.17) is 14.2 Å². The van der Waals surface area contributed by atoms with Gasteiger partial charge in [0.05, 0.1) is 6.61 Å². The van der Waals surface area contributed by atoms with Crippen LogP contribution in [0, 0.1) is 5.41 Å². The van der Waals surface area contributed by atoms with Crippen molar-refractivity contribution < 1.29 is 33.4 Å². The molecule has 0 spiro atoms. The lowest BCUT2D eigenvalue weighted by Gasteiger charge is -2.32. The van der Waals surface area contributed by atoms with Crippen LogP contribution in [0.4, 0.5) is 0 Å². The van der Waals surface area contributed by atoms with Gasteiger partial charge in [-0.1, -0.05) is 92.7 Å². The standard InChI is InChI=1S/C45H49NO7/c1-45(2,30-52-42(49)26-24-35-29-46-39-16-8-7-15-38(35)39)44(53-43(50)27-23-34-21-19-32-12-4-6-14-37(32)34)40(47)17-9-10-28-51-41(48)25-22-33-20-18-31-11-3-5-13-36(31)33/h3-8,11-16,20-21,29,44,46H,9-10,17-19,22-28,30H2,1-2H3/t44-/m0/s1. The molecule has 53 heavy (non-hydrogen) atoms. The summed E-state index contributed by atoms with van der Waals surface area (Å²) in [4.78, 5) is 55.5. The minimum Gasteiger partial charge on any atom is -0.466 e. The molecule has 0 unspecified atom stereocenters. The number of hydrogen-bond donors (Lipinski definition) is 1. The molecule has 2 aliphatic rings. The van der Waals surface area contributed by atoms with Gasteiger partial charge >= 0.3 is 17.9 Å². The van der Waals surface area contributed by atoms with E-state index in [2.05, 4.69) is 41.4 Å². The van der Waals surface area contributed by atoms with Crippen molar-refractivity contribution in [2.75, 3.05) is 13.2 Å². The van der Waals surface area contributed by atoms with E-state index in [1.165, 1.54) is 22.3 Å². The van der Waals surface area contributed by atoms with Gasteiger partial charge in [-0.25, -0.2) is 0 Å². The van der Waals surface area contributed by atoms with Crippen molar-refractivity contribution in [1.29, 1.82) is 0 Å². The van der Waals surface area contributed by atoms with Crippen molar-refractivity contribution in [2.45, 2.75) is 90.6 Å². The maximum absolute atomic E-state index is 13.7. The van der Waals surface area contributed by atoms with Gasteiger partial charge in [0.1, 0.15) is 6.61 Å². The van der Waals surface area contributed by atoms with Gasteiger partial charge in [-0.15, -0.1) is 0 Å². The maximum Gasteiger partial charge on any atom is 0.306 e. The SMILES string of the molecule is CC(C)(COC(=O)CCc1c[nH]c2ccccc12)[C@@H](OC(=O)CCC1=CCc2ccccc21)C(=O)CCCCOC(=O)CCC1=CCc2ccccc21. The van der Waals surface area contributed by atoms with Crippen molar-refractivity contribution in [1.82, 2.24) is 4.98 Å². The summed E-state index contributed by atoms with van der Waals surface area (Å²) in [5, 5.41) is 1.07. The Morgan fingerprint density at radius 1 is 0.679 bits per heavy atom. The van der Waals surface area contributed by atoms with Crippen LogP contribution in [0.1, 0.15) is 93.0 Å². The largest absolute Gasteiger partial charge is 0.466 e. The summed E-state index contributed by atoms with van der Waals surface area (Å²) in [6.45, 7) is 3.69. The van der Waals surface area contributed by atoms with Crippen LogP contribution in [0.2, 0.25) is 0 Å². The number of ether oxygens (including phenoxy) is 3. The zero-order chi connectivity index (χ0) is 37.2. The fourth-order valence-corrected chi connectivity index (χ4v) is 7.29. The first kappa shape index (κ1) is 37.5. The summed E-state index contributed by atoms with van der Waals surface area (Å²) in [7, 11) is 0. The highest BCUT2D eigenvalue weighted by Gasteiger charge is 2.39. The predicted molar refractivity (Wildman–Crippen MR) is 206 cm³/mol. The van der Waals surface area contributed by atoms with E-state index in [9.17, 15) is 19.2 Å². The molecule has 276 valence electrons. The van der Waals surface area contributed by atoms with Crippen LogP contribution in [0.25, 0.3) is 22.0 Å². The van der Waals surface area contributed by atoms with E-state index in [1.807, 2.05) is 54.7 Å². The Kier molecular flexibility index (Phi) is 12.4. The first-order valence-corrected chi connectivity index (χ1v) is 18.8. The van der Waals surface area contributed by atoms with Crippen molar-refractivity contribution in [3.63, 3.8) is 0 Å². The molecule has 8 nitrogen and oxygen atoms in total. The molecule has 0 amide bonds. The molecule has 0 fully saturated rings. The summed E-state index contributed by atoms with van der Waals surface area (Å²) in [6, 6.07) is 24.3. The first-order chi connectivity index (χ1) is 25.7. The number of rotatable bonds is 19. The van der Waals surface area contributed by atoms with Crippen LogP contribution in [0.3, 0.4) is 0 Å². The Morgan fingerprint density at radius 3 is 1.96 bits per heavy atom. The maximum atomic E-state index is 13.7. The van der Waals surface area contributed by atoms with E-state index in [0.29, 0.717) is 38.5 Å². The number of carbonyl (C=O) groups excluding carboxylic acids is 4. The second kappa shape index (κ2) is 17.5. The number of aromatic amines is 1. The number of Topliss-reactive ketones (excluding diaryl/α,β-unsaturated/α-hetero) is 1. The Balaban J connectivity index is 0.986. The summed E-state index contributed by atoms with van der Waals surface area (Å²) in [5.74, 6) is -1.37. The Hall–Kier alpha value is -5.24. The number of allylic oxidation sites excluding steroid dienone is 4. The first-order valence-electron chi connectivity index (χ1n) is 18.8. The van der Waals surface area contributed by atoms with Gasteiger partial charge in [-0.2, -0.15) is 0 Å². The number of hydrogen-bond acceptors (Lipinski definition) is 7. The van der Waals surface area contributed by atoms with Gasteiger partial charge in [-0.05, 0) is 90.0 Å². The highest BCUT2D eigenvalue weighted by Crippen LogP contribution is 2.33. The lowest BCUT2D eigenvalue weighted by atomic mass is 9.83. The predicted octanol–water partition coefficient (Wildman–Crippen LogP) is 8.70. The number of ketones is 1. The highest BCUT2D eigenvalue weighted by molar-refractivity contribution is 5.87. The van der Waals surface area contributed by atoms with Crippen molar-refractivity contribution in [2.24, 2.45) is 5.41 Å². The summed E-state index contributed by atoms with van der Waals surface area (Å²) < 4.78 is 17.1. The van der Waals surface area contributed by atoms with Crippen LogP contribution in [-0.2, 0) is 52.7 Å². The average Bonchev–Trinajstić information content (AvgIpc) is 3.90. The van der Waals surface area contributed by atoms with Crippen LogP contribution in [-0.4, -0.2) is 48.0 Å². The molecule has 1 N–H and O–H groups in total. The number of benzene rings is 3. The molecule has 1 heterocycles. The second-order valence-electron chi connectivity index (χ2n) is 14.7. The lowest BCUT2D eigenvalue weighted by molar-refractivity contribution is -0.168. The number of unbranched alkanes of at least 4 members (excludes halogenated alkanes) is 1. The number of aromatic nitrogens is 1. The number of para-hydroxylation sites is 1. The van der Waals surface area contributed by atoms with Crippen LogP contribution in [0.5, 0.6) is 0 Å². The van der Waals surface area contributed by atoms with Gasteiger partial charge in [0, 0.05) is 48.2 Å². The number of fused-ring (bicyclic) bond motifs is 3. The minimum absolute atomic E-state index is 0.0829. The summed E-state index contributed by atoms with van der Waals surface area (Å²) in [6.07, 6.45) is 10.2. The third-order valence-corrected chi connectivity index (χ3v) is 10.3. The van der Waals surface area contributed by atoms with Crippen molar-refractivity contribution in [3.8, 4) is 0 Å². The van der Waals surface area contributed by atoms with E-state index in [-0.39, 0.29) is 50.2 Å². The van der Waals surface area contributed by atoms with E-state index < -0.39 is 17.5 Å². The van der Waals surface area contributed by atoms with Crippen LogP contribution >= 0.6 is 0 Å². The van der Waals surface area contributed by atoms with Gasteiger partial charge in [0.25, 0.3) is 0 Å². The molecule has 1 atom stereocenters. The number of H-pyrrole nitrogens is 1. The topological polar surface area (TPSA) is 112 Å². The number of esters is 3. The quantitative estimate of drug-likeness (QED) is 0.0587. The molecule has 0 saturated heterocycles. The fraction of sp³-hybridized carbons (Fsp3) is 0.378. The molecule has 6 rings (SSSR count).